The Labute approximate surface area is 189 Å². The van der Waals surface area contributed by atoms with E-state index in [1.807, 2.05) is 27.5 Å². The summed E-state index contributed by atoms with van der Waals surface area (Å²) in [6.45, 7) is 1.57. The van der Waals surface area contributed by atoms with Gasteiger partial charge in [-0.3, -0.25) is 9.98 Å². The molecule has 170 valence electrons. The number of aliphatic hydroxyl groups is 2. The number of nitrogens with zero attached hydrogens (tertiary/aromatic N) is 5. The number of aliphatic hydroxyl groups excluding tert-OH is 2. The van der Waals surface area contributed by atoms with E-state index in [9.17, 15) is 10.2 Å². The van der Waals surface area contributed by atoms with Crippen LogP contribution in [-0.2, 0) is 13.0 Å². The van der Waals surface area contributed by atoms with Crippen LogP contribution in [0.25, 0.3) is 21.9 Å². The second-order valence-corrected chi connectivity index (χ2v) is 9.02. The highest BCUT2D eigenvalue weighted by molar-refractivity contribution is 5.90. The first-order chi connectivity index (χ1) is 16.0. The van der Waals surface area contributed by atoms with Crippen molar-refractivity contribution in [3.8, 4) is 0 Å². The second kappa shape index (κ2) is 7.53. The smallest absolute Gasteiger partial charge is 0.224 e. The van der Waals surface area contributed by atoms with Crippen molar-refractivity contribution in [2.45, 2.75) is 44.1 Å². The molecule has 0 unspecified atom stereocenters. The maximum atomic E-state index is 10.8. The SMILES string of the molecule is N=c1nc2cc(CC[C@H]3C[C@@H](n4ccc5c(N)ncnc54)[C@H](O)[C@@H]3O)ccc2c2n1CCN2. The zero-order valence-corrected chi connectivity index (χ0v) is 18.0. The number of hydrogen-bond acceptors (Lipinski definition) is 8. The summed E-state index contributed by atoms with van der Waals surface area (Å²) >= 11 is 0. The number of hydrogen-bond donors (Lipinski definition) is 5. The number of nitrogen functional groups attached to an aromatic ring is 1. The van der Waals surface area contributed by atoms with E-state index < -0.39 is 12.2 Å². The molecule has 10 nitrogen and oxygen atoms in total. The van der Waals surface area contributed by atoms with Gasteiger partial charge >= 0.3 is 0 Å². The van der Waals surface area contributed by atoms with Crippen molar-refractivity contribution in [3.05, 3.63) is 48.0 Å². The molecule has 1 aromatic carbocycles. The van der Waals surface area contributed by atoms with Crippen LogP contribution in [0.4, 0.5) is 11.6 Å². The lowest BCUT2D eigenvalue weighted by Crippen LogP contribution is -2.29. The van der Waals surface area contributed by atoms with Gasteiger partial charge in [-0.05, 0) is 48.9 Å². The molecular weight excluding hydrogens is 420 g/mol. The first-order valence-electron chi connectivity index (χ1n) is 11.3. The van der Waals surface area contributed by atoms with Crippen LogP contribution in [0, 0.1) is 11.3 Å². The predicted octanol–water partition coefficient (Wildman–Crippen LogP) is 1.18. The van der Waals surface area contributed by atoms with Crippen molar-refractivity contribution >= 4 is 33.6 Å². The molecule has 4 heterocycles. The lowest BCUT2D eigenvalue weighted by Gasteiger charge is -2.19. The quantitative estimate of drug-likeness (QED) is 0.316. The number of aromatic nitrogens is 5. The molecule has 0 amide bonds. The summed E-state index contributed by atoms with van der Waals surface area (Å²) in [6, 6.07) is 7.75. The van der Waals surface area contributed by atoms with Gasteiger partial charge in [0, 0.05) is 24.7 Å². The minimum absolute atomic E-state index is 0.0470. The fourth-order valence-electron chi connectivity index (χ4n) is 5.42. The zero-order chi connectivity index (χ0) is 22.7. The molecule has 1 saturated carbocycles. The van der Waals surface area contributed by atoms with Crippen LogP contribution in [0.3, 0.4) is 0 Å². The summed E-state index contributed by atoms with van der Waals surface area (Å²) in [7, 11) is 0. The monoisotopic (exact) mass is 446 g/mol. The third-order valence-electron chi connectivity index (χ3n) is 7.17. The normalized spacial score (nSPS) is 24.4. The molecule has 4 aromatic rings. The van der Waals surface area contributed by atoms with Gasteiger partial charge < -0.3 is 25.8 Å². The van der Waals surface area contributed by atoms with Gasteiger partial charge in [-0.15, -0.1) is 0 Å². The van der Waals surface area contributed by atoms with Gasteiger partial charge in [0.1, 0.15) is 29.7 Å². The highest BCUT2D eigenvalue weighted by Crippen LogP contribution is 2.39. The van der Waals surface area contributed by atoms with Crippen LogP contribution in [0.5, 0.6) is 0 Å². The fraction of sp³-hybridized carbons (Fsp3) is 0.391. The van der Waals surface area contributed by atoms with Crippen molar-refractivity contribution in [3.63, 3.8) is 0 Å². The Balaban J connectivity index is 1.22. The number of aryl methyl sites for hydroxylation is 1. The molecule has 1 fully saturated rings. The standard InChI is InChI=1S/C23H26N8O2/c24-20-15-5-7-30(22(15)28-11-27-20)17-10-13(18(32)19(17)33)3-1-12-2-4-14-16(9-12)29-23(25)31-8-6-26-21(14)31/h2,4-5,7,9,11,13,17-19,25-26,32-33H,1,3,6,8,10H2,(H2,24,27,28)/t13-,17+,18+,19-/m0/s1. The molecule has 4 atom stereocenters. The molecule has 0 radical (unpaired) electrons. The van der Waals surface area contributed by atoms with Crippen LogP contribution >= 0.6 is 0 Å². The van der Waals surface area contributed by atoms with E-state index in [0.717, 1.165) is 53.6 Å². The average Bonchev–Trinajstić information content (AvgIpc) is 3.52. The van der Waals surface area contributed by atoms with E-state index in [0.29, 0.717) is 17.9 Å². The first-order valence-corrected chi connectivity index (χ1v) is 11.3. The molecule has 0 bridgehead atoms. The Bertz CT molecular complexity index is 1430. The summed E-state index contributed by atoms with van der Waals surface area (Å²) in [5.74, 6) is 1.31. The second-order valence-electron chi connectivity index (χ2n) is 9.02. The van der Waals surface area contributed by atoms with E-state index in [1.54, 1.807) is 0 Å². The van der Waals surface area contributed by atoms with E-state index in [1.165, 1.54) is 6.33 Å². The van der Waals surface area contributed by atoms with E-state index >= 15 is 0 Å². The summed E-state index contributed by atoms with van der Waals surface area (Å²) in [6.07, 6.45) is 3.73. The Kier molecular flexibility index (Phi) is 4.59. The Morgan fingerprint density at radius 2 is 2.03 bits per heavy atom. The highest BCUT2D eigenvalue weighted by atomic mass is 16.3. The maximum Gasteiger partial charge on any atom is 0.224 e. The van der Waals surface area contributed by atoms with E-state index in [4.69, 9.17) is 11.1 Å². The Morgan fingerprint density at radius 1 is 1.15 bits per heavy atom. The van der Waals surface area contributed by atoms with Crippen LogP contribution < -0.4 is 16.7 Å². The number of nitrogens with one attached hydrogen (secondary N) is 2. The van der Waals surface area contributed by atoms with Gasteiger partial charge in [0.05, 0.1) is 23.0 Å². The molecule has 1 aliphatic carbocycles. The van der Waals surface area contributed by atoms with Crippen LogP contribution in [0.15, 0.2) is 36.8 Å². The lowest BCUT2D eigenvalue weighted by atomic mass is 9.95. The maximum absolute atomic E-state index is 10.8. The van der Waals surface area contributed by atoms with Gasteiger partial charge in [-0.2, -0.15) is 0 Å². The molecule has 2 aliphatic rings. The van der Waals surface area contributed by atoms with Gasteiger partial charge in [0.2, 0.25) is 5.62 Å². The van der Waals surface area contributed by atoms with Gasteiger partial charge in [-0.25, -0.2) is 15.0 Å². The molecule has 6 rings (SSSR count). The number of anilines is 2. The molecule has 0 saturated heterocycles. The van der Waals surface area contributed by atoms with Crippen molar-refractivity contribution in [1.82, 2.24) is 24.1 Å². The topological polar surface area (TPSA) is 151 Å². The fourth-order valence-corrected chi connectivity index (χ4v) is 5.42. The largest absolute Gasteiger partial charge is 0.390 e. The number of nitrogens with two attached hydrogens (primary N) is 1. The minimum atomic E-state index is -0.878. The molecule has 6 N–H and O–H groups in total. The molecular formula is C23H26N8O2. The number of rotatable bonds is 4. The van der Waals surface area contributed by atoms with Crippen molar-refractivity contribution in [1.29, 1.82) is 5.41 Å². The summed E-state index contributed by atoms with van der Waals surface area (Å²) < 4.78 is 3.80. The van der Waals surface area contributed by atoms with Crippen molar-refractivity contribution in [2.75, 3.05) is 17.6 Å². The van der Waals surface area contributed by atoms with Crippen LogP contribution in [-0.4, -0.2) is 53.1 Å². The van der Waals surface area contributed by atoms with Crippen LogP contribution in [0.1, 0.15) is 24.4 Å². The number of fused-ring (bicyclic) bond motifs is 4. The molecule has 3 aromatic heterocycles. The molecule has 10 heteroatoms. The summed E-state index contributed by atoms with van der Waals surface area (Å²) in [5, 5.41) is 34.9. The van der Waals surface area contributed by atoms with E-state index in [-0.39, 0.29) is 17.6 Å². The number of benzene rings is 1. The van der Waals surface area contributed by atoms with Gasteiger partial charge in [-0.1, -0.05) is 6.07 Å². The molecule has 1 aliphatic heterocycles. The molecule has 33 heavy (non-hydrogen) atoms. The Hall–Kier alpha value is -3.50. The molecule has 0 spiro atoms. The average molecular weight is 447 g/mol. The van der Waals surface area contributed by atoms with E-state index in [2.05, 4.69) is 32.4 Å². The Morgan fingerprint density at radius 3 is 2.91 bits per heavy atom. The predicted molar refractivity (Wildman–Crippen MR) is 123 cm³/mol. The van der Waals surface area contributed by atoms with Gasteiger partial charge in [0.15, 0.2) is 0 Å². The third-order valence-corrected chi connectivity index (χ3v) is 7.17. The zero-order valence-electron chi connectivity index (χ0n) is 18.0. The van der Waals surface area contributed by atoms with Crippen molar-refractivity contribution in [2.24, 2.45) is 5.92 Å². The summed E-state index contributed by atoms with van der Waals surface area (Å²) in [4.78, 5) is 12.8. The first kappa shape index (κ1) is 20.1. The van der Waals surface area contributed by atoms with Crippen LogP contribution in [0.2, 0.25) is 0 Å². The summed E-state index contributed by atoms with van der Waals surface area (Å²) in [5.41, 5.74) is 8.80. The van der Waals surface area contributed by atoms with Gasteiger partial charge in [0.25, 0.3) is 0 Å². The lowest BCUT2D eigenvalue weighted by molar-refractivity contribution is 0.00545. The van der Waals surface area contributed by atoms with Crippen molar-refractivity contribution < 1.29 is 10.2 Å². The highest BCUT2D eigenvalue weighted by Gasteiger charge is 2.42. The minimum Gasteiger partial charge on any atom is -0.390 e. The third kappa shape index (κ3) is 3.17.